The number of nitrogens with zero attached hydrogens (tertiary/aromatic N) is 1. The van der Waals surface area contributed by atoms with Gasteiger partial charge in [-0.1, -0.05) is 62.4 Å². The summed E-state index contributed by atoms with van der Waals surface area (Å²) < 4.78 is 0. The number of H-pyrrole nitrogens is 1. The number of benzene rings is 2. The summed E-state index contributed by atoms with van der Waals surface area (Å²) in [5.41, 5.74) is 7.29. The van der Waals surface area contributed by atoms with Crippen LogP contribution in [0.5, 0.6) is 0 Å². The first-order valence-electron chi connectivity index (χ1n) is 10.5. The normalized spacial score (nSPS) is 14.9. The van der Waals surface area contributed by atoms with Gasteiger partial charge in [0.1, 0.15) is 0 Å². The number of aryl methyl sites for hydroxylation is 1. The van der Waals surface area contributed by atoms with E-state index in [0.717, 1.165) is 30.0 Å². The van der Waals surface area contributed by atoms with Gasteiger partial charge in [0, 0.05) is 6.54 Å². The van der Waals surface area contributed by atoms with Crippen LogP contribution in [0.3, 0.4) is 0 Å². The molecule has 1 aromatic heterocycles. The number of nitrogens with one attached hydrogen (secondary N) is 2. The van der Waals surface area contributed by atoms with Crippen LogP contribution in [0, 0.1) is 12.8 Å². The van der Waals surface area contributed by atoms with E-state index in [0.29, 0.717) is 0 Å². The summed E-state index contributed by atoms with van der Waals surface area (Å²) in [6.45, 7) is 4.25. The van der Waals surface area contributed by atoms with Gasteiger partial charge in [0.15, 0.2) is 0 Å². The van der Waals surface area contributed by atoms with Gasteiger partial charge in [-0.05, 0) is 60.5 Å². The Hall–Kier alpha value is -1.84. The van der Waals surface area contributed by atoms with E-state index in [9.17, 15) is 0 Å². The van der Waals surface area contributed by atoms with Crippen molar-refractivity contribution in [3.8, 4) is 11.1 Å². The van der Waals surface area contributed by atoms with Crippen molar-refractivity contribution in [3.05, 3.63) is 53.9 Å². The van der Waals surface area contributed by atoms with Crippen molar-refractivity contribution in [2.24, 2.45) is 5.92 Å². The molecule has 0 atom stereocenters. The van der Waals surface area contributed by atoms with E-state index >= 15 is 0 Å². The van der Waals surface area contributed by atoms with Crippen LogP contribution < -0.4 is 5.32 Å². The second-order valence-electron chi connectivity index (χ2n) is 8.06. The topological polar surface area (TPSA) is 40.7 Å². The van der Waals surface area contributed by atoms with E-state index < -0.39 is 0 Å². The van der Waals surface area contributed by atoms with E-state index in [1.807, 2.05) is 0 Å². The van der Waals surface area contributed by atoms with Crippen molar-refractivity contribution >= 4 is 23.4 Å². The molecule has 0 unspecified atom stereocenters. The maximum atomic E-state index is 4.45. The lowest BCUT2D eigenvalue weighted by atomic mass is 9.86. The lowest BCUT2D eigenvalue weighted by Gasteiger charge is -2.21. The monoisotopic (exact) mass is 397 g/mol. The summed E-state index contributed by atoms with van der Waals surface area (Å²) >= 11 is 0. The second kappa shape index (κ2) is 10.1. The molecule has 1 aliphatic carbocycles. The zero-order valence-electron chi connectivity index (χ0n) is 16.8. The fourth-order valence-corrected chi connectivity index (χ4v) is 4.49. The van der Waals surface area contributed by atoms with Gasteiger partial charge in [-0.25, -0.2) is 4.98 Å². The van der Waals surface area contributed by atoms with Crippen LogP contribution in [-0.2, 0) is 6.54 Å². The Morgan fingerprint density at radius 2 is 1.82 bits per heavy atom. The van der Waals surface area contributed by atoms with E-state index in [-0.39, 0.29) is 12.4 Å². The van der Waals surface area contributed by atoms with Gasteiger partial charge in [0.25, 0.3) is 0 Å². The van der Waals surface area contributed by atoms with E-state index in [1.54, 1.807) is 6.33 Å². The minimum absolute atomic E-state index is 0. The molecule has 0 bridgehead atoms. The zero-order valence-corrected chi connectivity index (χ0v) is 17.7. The number of fused-ring (bicyclic) bond motifs is 1. The number of halogens is 1. The molecule has 4 heteroatoms. The molecular formula is C24H32ClN3. The molecule has 0 saturated heterocycles. The van der Waals surface area contributed by atoms with E-state index in [1.165, 1.54) is 67.2 Å². The minimum Gasteiger partial charge on any atom is -0.345 e. The quantitative estimate of drug-likeness (QED) is 0.452. The van der Waals surface area contributed by atoms with Crippen molar-refractivity contribution in [1.82, 2.24) is 15.3 Å². The van der Waals surface area contributed by atoms with Gasteiger partial charge in [0.2, 0.25) is 0 Å². The first-order valence-corrected chi connectivity index (χ1v) is 10.5. The van der Waals surface area contributed by atoms with Crippen LogP contribution in [-0.4, -0.2) is 16.5 Å². The van der Waals surface area contributed by atoms with Crippen molar-refractivity contribution < 1.29 is 0 Å². The summed E-state index contributed by atoms with van der Waals surface area (Å²) in [4.78, 5) is 7.63. The standard InChI is InChI=1S/C24H31N3.ClH/c1-18-22(13-14-23-24(18)27-17-26-23)21-11-9-20(10-12-21)16-25-15-5-8-19-6-3-2-4-7-19;/h9-14,17,19,25H,2-8,15-16H2,1H3,(H,26,27);1H. The Kier molecular flexibility index (Phi) is 7.52. The predicted octanol–water partition coefficient (Wildman–Crippen LogP) is 6.41. The molecule has 0 aliphatic heterocycles. The van der Waals surface area contributed by atoms with Gasteiger partial charge in [-0.15, -0.1) is 12.4 Å². The van der Waals surface area contributed by atoms with Gasteiger partial charge in [0.05, 0.1) is 17.4 Å². The van der Waals surface area contributed by atoms with Gasteiger partial charge >= 0.3 is 0 Å². The number of imidazole rings is 1. The lowest BCUT2D eigenvalue weighted by Crippen LogP contribution is -2.16. The summed E-state index contributed by atoms with van der Waals surface area (Å²) in [6, 6.07) is 13.3. The highest BCUT2D eigenvalue weighted by molar-refractivity contribution is 5.86. The van der Waals surface area contributed by atoms with E-state index in [4.69, 9.17) is 0 Å². The second-order valence-corrected chi connectivity index (χ2v) is 8.06. The third kappa shape index (κ3) is 4.95. The first kappa shape index (κ1) is 20.9. The van der Waals surface area contributed by atoms with Crippen molar-refractivity contribution in [2.75, 3.05) is 6.54 Å². The first-order chi connectivity index (χ1) is 13.3. The molecule has 3 aromatic rings. The molecule has 1 fully saturated rings. The Balaban J connectivity index is 0.00000225. The molecule has 4 rings (SSSR count). The summed E-state index contributed by atoms with van der Waals surface area (Å²) in [5, 5.41) is 3.62. The lowest BCUT2D eigenvalue weighted by molar-refractivity contribution is 0.330. The van der Waals surface area contributed by atoms with Crippen molar-refractivity contribution in [2.45, 2.75) is 58.4 Å². The number of hydrogen-bond acceptors (Lipinski definition) is 2. The highest BCUT2D eigenvalue weighted by Gasteiger charge is 2.12. The third-order valence-corrected chi connectivity index (χ3v) is 6.13. The molecule has 3 nitrogen and oxygen atoms in total. The van der Waals surface area contributed by atoms with Crippen LogP contribution in [0.15, 0.2) is 42.7 Å². The van der Waals surface area contributed by atoms with Crippen LogP contribution in [0.4, 0.5) is 0 Å². The number of aromatic nitrogens is 2. The Morgan fingerprint density at radius 3 is 2.61 bits per heavy atom. The molecule has 1 aliphatic rings. The summed E-state index contributed by atoms with van der Waals surface area (Å²) in [5.74, 6) is 0.995. The fraction of sp³-hybridized carbons (Fsp3) is 0.458. The van der Waals surface area contributed by atoms with Crippen molar-refractivity contribution in [1.29, 1.82) is 0 Å². The molecule has 0 spiro atoms. The van der Waals surface area contributed by atoms with E-state index in [2.05, 4.69) is 58.6 Å². The van der Waals surface area contributed by atoms with Crippen LogP contribution in [0.25, 0.3) is 22.2 Å². The highest BCUT2D eigenvalue weighted by Crippen LogP contribution is 2.29. The maximum absolute atomic E-state index is 4.45. The fourth-order valence-electron chi connectivity index (χ4n) is 4.49. The molecule has 1 saturated carbocycles. The molecule has 1 heterocycles. The van der Waals surface area contributed by atoms with Crippen molar-refractivity contribution in [3.63, 3.8) is 0 Å². The number of hydrogen-bond donors (Lipinski definition) is 2. The average molecular weight is 398 g/mol. The van der Waals surface area contributed by atoms with Gasteiger partial charge < -0.3 is 10.3 Å². The minimum atomic E-state index is 0. The maximum Gasteiger partial charge on any atom is 0.0931 e. The van der Waals surface area contributed by atoms with Crippen LogP contribution in [0.2, 0.25) is 0 Å². The van der Waals surface area contributed by atoms with Crippen LogP contribution in [0.1, 0.15) is 56.1 Å². The van der Waals surface area contributed by atoms with Crippen LogP contribution >= 0.6 is 12.4 Å². The average Bonchev–Trinajstić information content (AvgIpc) is 3.19. The predicted molar refractivity (Wildman–Crippen MR) is 121 cm³/mol. The molecule has 28 heavy (non-hydrogen) atoms. The van der Waals surface area contributed by atoms with Gasteiger partial charge in [-0.3, -0.25) is 0 Å². The Bertz CT molecular complexity index is 863. The largest absolute Gasteiger partial charge is 0.345 e. The number of rotatable bonds is 7. The molecule has 2 N–H and O–H groups in total. The zero-order chi connectivity index (χ0) is 18.5. The molecule has 0 radical (unpaired) electrons. The summed E-state index contributed by atoms with van der Waals surface area (Å²) in [6.07, 6.45) is 11.8. The molecule has 2 aromatic carbocycles. The molecule has 0 amide bonds. The van der Waals surface area contributed by atoms with Gasteiger partial charge in [-0.2, -0.15) is 0 Å². The molecular weight excluding hydrogens is 366 g/mol. The molecule has 150 valence electrons. The SMILES string of the molecule is Cc1c(-c2ccc(CNCCCC3CCCCC3)cc2)ccc2[nH]cnc12.Cl. The Morgan fingerprint density at radius 1 is 1.04 bits per heavy atom. The summed E-state index contributed by atoms with van der Waals surface area (Å²) in [7, 11) is 0. The number of aromatic amines is 1. The smallest absolute Gasteiger partial charge is 0.0931 e. The third-order valence-electron chi connectivity index (χ3n) is 6.13. The highest BCUT2D eigenvalue weighted by atomic mass is 35.5. The Labute approximate surface area is 174 Å².